The first-order valence-corrected chi connectivity index (χ1v) is 12.4. The summed E-state index contributed by atoms with van der Waals surface area (Å²) < 4.78 is 31.1. The van der Waals surface area contributed by atoms with Crippen molar-refractivity contribution in [2.45, 2.75) is 53.3 Å². The molecule has 1 aromatic carbocycles. The fourth-order valence-corrected chi connectivity index (χ4v) is 5.81. The first kappa shape index (κ1) is 24.1. The van der Waals surface area contributed by atoms with Gasteiger partial charge < -0.3 is 10.1 Å². The zero-order valence-corrected chi connectivity index (χ0v) is 19.4. The number of thioether (sulfide) groups is 1. The third-order valence-electron chi connectivity index (χ3n) is 3.58. The molecule has 8 nitrogen and oxygen atoms in total. The van der Waals surface area contributed by atoms with Crippen molar-refractivity contribution in [1.29, 1.82) is 0 Å². The number of rotatable bonds is 9. The molecule has 0 saturated heterocycles. The standard InChI is InChI=1S/C19H24N4O4S3/c1-19(2,3)27-18(24)21-13-15-7-10-17(29-15)30(25,26)16-8-5-14(6-9-16)28-12-4-11-22-23-20/h5-10H,4,11-13H2,1-3H3,(H,21,24). The van der Waals surface area contributed by atoms with E-state index in [1.807, 2.05) is 0 Å². The molecule has 0 aliphatic carbocycles. The Morgan fingerprint density at radius 1 is 1.23 bits per heavy atom. The van der Waals surface area contributed by atoms with Crippen LogP contribution >= 0.6 is 23.1 Å². The zero-order chi connectivity index (χ0) is 22.2. The number of amides is 1. The van der Waals surface area contributed by atoms with Gasteiger partial charge in [0.1, 0.15) is 9.81 Å². The molecule has 162 valence electrons. The summed E-state index contributed by atoms with van der Waals surface area (Å²) in [5, 5.41) is 6.11. The summed E-state index contributed by atoms with van der Waals surface area (Å²) in [7, 11) is -3.62. The molecule has 0 saturated carbocycles. The molecule has 0 bridgehead atoms. The summed E-state index contributed by atoms with van der Waals surface area (Å²) in [5.74, 6) is 0.782. The van der Waals surface area contributed by atoms with E-state index in [1.54, 1.807) is 68.9 Å². The molecule has 1 N–H and O–H groups in total. The molecule has 0 aliphatic heterocycles. The second-order valence-corrected chi connectivity index (χ2v) is 11.7. The summed E-state index contributed by atoms with van der Waals surface area (Å²) in [6.45, 7) is 5.96. The van der Waals surface area contributed by atoms with Crippen LogP contribution in [-0.2, 0) is 21.1 Å². The highest BCUT2D eigenvalue weighted by Gasteiger charge is 2.21. The number of benzene rings is 1. The third kappa shape index (κ3) is 7.56. The van der Waals surface area contributed by atoms with Gasteiger partial charge in [-0.3, -0.25) is 0 Å². The van der Waals surface area contributed by atoms with Crippen LogP contribution < -0.4 is 5.32 Å². The van der Waals surface area contributed by atoms with Crippen molar-refractivity contribution in [2.75, 3.05) is 12.3 Å². The smallest absolute Gasteiger partial charge is 0.407 e. The lowest BCUT2D eigenvalue weighted by Crippen LogP contribution is -2.31. The minimum Gasteiger partial charge on any atom is -0.444 e. The number of azide groups is 1. The van der Waals surface area contributed by atoms with Crippen molar-refractivity contribution < 1.29 is 17.9 Å². The number of thiophene rings is 1. The lowest BCUT2D eigenvalue weighted by Gasteiger charge is -2.19. The average molecular weight is 469 g/mol. The molecule has 0 atom stereocenters. The van der Waals surface area contributed by atoms with Crippen molar-refractivity contribution in [3.8, 4) is 0 Å². The number of nitrogens with one attached hydrogen (secondary N) is 1. The Labute approximate surface area is 184 Å². The van der Waals surface area contributed by atoms with Crippen LogP contribution in [-0.4, -0.2) is 32.4 Å². The van der Waals surface area contributed by atoms with E-state index in [0.29, 0.717) is 11.4 Å². The fraction of sp³-hybridized carbons (Fsp3) is 0.421. The van der Waals surface area contributed by atoms with Crippen LogP contribution in [0.1, 0.15) is 32.1 Å². The maximum Gasteiger partial charge on any atom is 0.407 e. The summed E-state index contributed by atoms with van der Waals surface area (Å²) in [6, 6.07) is 9.94. The third-order valence-corrected chi connectivity index (χ3v) is 8.02. The molecule has 0 aliphatic rings. The number of alkyl carbamates (subject to hydrolysis) is 1. The van der Waals surface area contributed by atoms with E-state index in [-0.39, 0.29) is 15.6 Å². The Balaban J connectivity index is 1.97. The van der Waals surface area contributed by atoms with E-state index < -0.39 is 21.5 Å². The van der Waals surface area contributed by atoms with E-state index >= 15 is 0 Å². The molecule has 11 heteroatoms. The van der Waals surface area contributed by atoms with Crippen LogP contribution in [0, 0.1) is 0 Å². The number of hydrogen-bond donors (Lipinski definition) is 1. The molecule has 1 amide bonds. The normalized spacial score (nSPS) is 11.6. The quantitative estimate of drug-likeness (QED) is 0.174. The molecule has 1 aromatic heterocycles. The molecular weight excluding hydrogens is 444 g/mol. The van der Waals surface area contributed by atoms with E-state index in [1.165, 1.54) is 0 Å². The van der Waals surface area contributed by atoms with Gasteiger partial charge in [-0.25, -0.2) is 13.2 Å². The van der Waals surface area contributed by atoms with Gasteiger partial charge in [-0.1, -0.05) is 5.11 Å². The minimum atomic E-state index is -3.62. The van der Waals surface area contributed by atoms with Gasteiger partial charge in [0.15, 0.2) is 0 Å². The minimum absolute atomic E-state index is 0.195. The highest BCUT2D eigenvalue weighted by molar-refractivity contribution is 7.99. The number of carbonyl (C=O) groups excluding carboxylic acids is 1. The SMILES string of the molecule is CC(C)(C)OC(=O)NCc1ccc(S(=O)(=O)c2ccc(SCCCN=[N+]=[N-])cc2)s1. The molecular formula is C19H24N4O4S3. The predicted molar refractivity (Wildman–Crippen MR) is 119 cm³/mol. The second-order valence-electron chi connectivity index (χ2n) is 7.21. The van der Waals surface area contributed by atoms with Gasteiger partial charge in [0, 0.05) is 21.2 Å². The molecule has 0 fully saturated rings. The molecule has 1 heterocycles. The Bertz CT molecular complexity index is 1010. The molecule has 2 rings (SSSR count). The first-order chi connectivity index (χ1) is 14.1. The Morgan fingerprint density at radius 2 is 1.93 bits per heavy atom. The molecule has 30 heavy (non-hydrogen) atoms. The summed E-state index contributed by atoms with van der Waals surface area (Å²) in [6.07, 6.45) is 0.206. The number of carbonyl (C=O) groups is 1. The summed E-state index contributed by atoms with van der Waals surface area (Å²) in [4.78, 5) is 16.3. The van der Waals surface area contributed by atoms with Crippen LogP contribution in [0.25, 0.3) is 10.4 Å². The van der Waals surface area contributed by atoms with Crippen LogP contribution in [0.4, 0.5) is 4.79 Å². The van der Waals surface area contributed by atoms with E-state index in [0.717, 1.165) is 28.4 Å². The predicted octanol–water partition coefficient (Wildman–Crippen LogP) is 5.40. The van der Waals surface area contributed by atoms with Crippen LogP contribution in [0.3, 0.4) is 0 Å². The van der Waals surface area contributed by atoms with Gasteiger partial charge >= 0.3 is 6.09 Å². The van der Waals surface area contributed by atoms with E-state index in [2.05, 4.69) is 15.3 Å². The maximum atomic E-state index is 12.9. The topological polar surface area (TPSA) is 121 Å². The van der Waals surface area contributed by atoms with Crippen molar-refractivity contribution >= 4 is 39.0 Å². The van der Waals surface area contributed by atoms with Crippen LogP contribution in [0.15, 0.2) is 55.5 Å². The van der Waals surface area contributed by atoms with Crippen LogP contribution in [0.5, 0.6) is 0 Å². The lowest BCUT2D eigenvalue weighted by molar-refractivity contribution is 0.0524. The number of sulfone groups is 1. The molecule has 0 unspecified atom stereocenters. The van der Waals surface area contributed by atoms with E-state index in [9.17, 15) is 13.2 Å². The highest BCUT2D eigenvalue weighted by atomic mass is 32.2. The van der Waals surface area contributed by atoms with Gasteiger partial charge in [0.25, 0.3) is 0 Å². The van der Waals surface area contributed by atoms with Crippen molar-refractivity contribution in [1.82, 2.24) is 5.32 Å². The summed E-state index contributed by atoms with van der Waals surface area (Å²) in [5.41, 5.74) is 7.66. The fourth-order valence-electron chi connectivity index (χ4n) is 2.27. The summed E-state index contributed by atoms with van der Waals surface area (Å²) >= 11 is 2.69. The second kappa shape index (κ2) is 10.7. The van der Waals surface area contributed by atoms with Crippen LogP contribution in [0.2, 0.25) is 0 Å². The maximum absolute atomic E-state index is 12.9. The Morgan fingerprint density at radius 3 is 2.57 bits per heavy atom. The Hall–Kier alpha value is -2.20. The van der Waals surface area contributed by atoms with Crippen molar-refractivity contribution in [3.05, 3.63) is 51.7 Å². The number of nitrogens with zero attached hydrogens (tertiary/aromatic N) is 3. The first-order valence-electron chi connectivity index (χ1n) is 9.16. The monoisotopic (exact) mass is 468 g/mol. The van der Waals surface area contributed by atoms with Gasteiger partial charge in [-0.2, -0.15) is 0 Å². The highest BCUT2D eigenvalue weighted by Crippen LogP contribution is 2.29. The van der Waals surface area contributed by atoms with Crippen molar-refractivity contribution in [3.63, 3.8) is 0 Å². The molecule has 2 aromatic rings. The number of ether oxygens (including phenoxy) is 1. The van der Waals surface area contributed by atoms with E-state index in [4.69, 9.17) is 10.3 Å². The molecule has 0 radical (unpaired) electrons. The van der Waals surface area contributed by atoms with Gasteiger partial charge in [0.05, 0.1) is 11.4 Å². The average Bonchev–Trinajstić information content (AvgIpc) is 3.15. The number of hydrogen-bond acceptors (Lipinski definition) is 7. The zero-order valence-electron chi connectivity index (χ0n) is 17.0. The molecule has 0 spiro atoms. The largest absolute Gasteiger partial charge is 0.444 e. The van der Waals surface area contributed by atoms with Gasteiger partial charge in [0.2, 0.25) is 9.84 Å². The van der Waals surface area contributed by atoms with Gasteiger partial charge in [-0.15, -0.1) is 23.1 Å². The van der Waals surface area contributed by atoms with Crippen molar-refractivity contribution in [2.24, 2.45) is 5.11 Å². The Kier molecular flexibility index (Phi) is 8.60. The van der Waals surface area contributed by atoms with Gasteiger partial charge in [-0.05, 0) is 74.9 Å². The lowest BCUT2D eigenvalue weighted by atomic mass is 10.2.